The maximum atomic E-state index is 12.8. The van der Waals surface area contributed by atoms with Crippen LogP contribution in [0.15, 0.2) is 54.6 Å². The third-order valence-electron chi connectivity index (χ3n) is 5.26. The van der Waals surface area contributed by atoms with Crippen LogP contribution in [0.1, 0.15) is 31.9 Å². The highest BCUT2D eigenvalue weighted by atomic mass is 127. The lowest BCUT2D eigenvalue weighted by Crippen LogP contribution is -2.42. The number of Topliss-reactive ketones (excluding diaryl/α,β-unsaturated/α-hetero) is 1. The fraction of sp³-hybridized carbons (Fsp3) is 0.440. The molecule has 0 saturated heterocycles. The van der Waals surface area contributed by atoms with E-state index in [4.69, 9.17) is 9.47 Å². The Morgan fingerprint density at radius 1 is 1.03 bits per heavy atom. The molecule has 0 aliphatic heterocycles. The van der Waals surface area contributed by atoms with Crippen molar-refractivity contribution in [2.24, 2.45) is 5.41 Å². The minimum Gasteiger partial charge on any atom is -0.445 e. The van der Waals surface area contributed by atoms with Crippen molar-refractivity contribution in [1.29, 1.82) is 0 Å². The number of amides is 1. The Bertz CT molecular complexity index is 906. The van der Waals surface area contributed by atoms with Gasteiger partial charge in [-0.2, -0.15) is 0 Å². The van der Waals surface area contributed by atoms with Crippen LogP contribution in [0.25, 0.3) is 0 Å². The predicted octanol–water partition coefficient (Wildman–Crippen LogP) is 5.82. The quantitative estimate of drug-likeness (QED) is 0.236. The minimum atomic E-state index is -0.749. The third-order valence-corrected chi connectivity index (χ3v) is 6.44. The topological polar surface area (TPSA) is 55.8 Å². The first-order valence-corrected chi connectivity index (χ1v) is 12.6. The van der Waals surface area contributed by atoms with Gasteiger partial charge >= 0.3 is 6.09 Å². The van der Waals surface area contributed by atoms with Gasteiger partial charge in [0.25, 0.3) is 0 Å². The lowest BCUT2D eigenvalue weighted by Gasteiger charge is -2.33. The monoisotopic (exact) mass is 615 g/mol. The number of halogens is 2. The summed E-state index contributed by atoms with van der Waals surface area (Å²) in [5.74, 6) is 0.0684. The van der Waals surface area contributed by atoms with Crippen LogP contribution in [-0.2, 0) is 26.3 Å². The fourth-order valence-corrected chi connectivity index (χ4v) is 4.58. The van der Waals surface area contributed by atoms with Crippen LogP contribution in [0.5, 0.6) is 0 Å². The zero-order chi connectivity index (χ0) is 23.8. The first-order valence-electron chi connectivity index (χ1n) is 10.4. The number of ether oxygens (including phenoxy) is 2. The molecule has 0 aromatic heterocycles. The summed E-state index contributed by atoms with van der Waals surface area (Å²) in [6.45, 7) is 7.35. The molecule has 174 valence electrons. The number of hydrogen-bond donors (Lipinski definition) is 0. The van der Waals surface area contributed by atoms with Crippen molar-refractivity contribution in [2.75, 3.05) is 32.1 Å². The molecular weight excluding hydrogens is 585 g/mol. The maximum Gasteiger partial charge on any atom is 0.409 e. The summed E-state index contributed by atoms with van der Waals surface area (Å²) >= 11 is 5.56. The summed E-state index contributed by atoms with van der Waals surface area (Å²) in [7, 11) is 1.72. The minimum absolute atomic E-state index is 0.0684. The average molecular weight is 616 g/mol. The SMILES string of the molecule is CN(CC(C)(C)COCC(C)(C(=O)CBr)c1cccc(I)c1)C(=O)OCc1ccccc1. The zero-order valence-electron chi connectivity index (χ0n) is 19.1. The van der Waals surface area contributed by atoms with Gasteiger partial charge in [-0.05, 0) is 52.8 Å². The smallest absolute Gasteiger partial charge is 0.409 e. The normalized spacial score (nSPS) is 13.3. The lowest BCUT2D eigenvalue weighted by molar-refractivity contribution is -0.124. The summed E-state index contributed by atoms with van der Waals surface area (Å²) in [6.07, 6.45) is -0.375. The van der Waals surface area contributed by atoms with Gasteiger partial charge < -0.3 is 14.4 Å². The van der Waals surface area contributed by atoms with Crippen molar-refractivity contribution in [3.05, 3.63) is 69.3 Å². The first kappa shape index (κ1) is 26.8. The molecule has 0 bridgehead atoms. The third kappa shape index (κ3) is 7.85. The van der Waals surface area contributed by atoms with E-state index < -0.39 is 5.41 Å². The van der Waals surface area contributed by atoms with Crippen LogP contribution in [0.4, 0.5) is 4.79 Å². The van der Waals surface area contributed by atoms with Crippen molar-refractivity contribution in [3.8, 4) is 0 Å². The second-order valence-electron chi connectivity index (χ2n) is 8.95. The molecule has 1 unspecified atom stereocenters. The summed E-state index contributed by atoms with van der Waals surface area (Å²) in [5, 5.41) is 0.262. The molecule has 32 heavy (non-hydrogen) atoms. The van der Waals surface area contributed by atoms with Crippen LogP contribution in [-0.4, -0.2) is 48.9 Å². The lowest BCUT2D eigenvalue weighted by atomic mass is 9.80. The van der Waals surface area contributed by atoms with Gasteiger partial charge in [0, 0.05) is 22.6 Å². The van der Waals surface area contributed by atoms with Gasteiger partial charge in [-0.3, -0.25) is 4.79 Å². The predicted molar refractivity (Wildman–Crippen MR) is 139 cm³/mol. The molecule has 1 amide bonds. The van der Waals surface area contributed by atoms with Gasteiger partial charge in [0.05, 0.1) is 24.0 Å². The molecule has 2 aromatic carbocycles. The highest BCUT2D eigenvalue weighted by Gasteiger charge is 2.35. The Labute approximate surface area is 213 Å². The Morgan fingerprint density at radius 2 is 1.72 bits per heavy atom. The molecule has 2 rings (SSSR count). The van der Waals surface area contributed by atoms with E-state index in [-0.39, 0.29) is 35.8 Å². The van der Waals surface area contributed by atoms with Gasteiger partial charge in [0.1, 0.15) is 6.61 Å². The van der Waals surface area contributed by atoms with Crippen LogP contribution in [0, 0.1) is 8.99 Å². The van der Waals surface area contributed by atoms with E-state index in [1.54, 1.807) is 11.9 Å². The van der Waals surface area contributed by atoms with Crippen molar-refractivity contribution in [3.63, 3.8) is 0 Å². The first-order chi connectivity index (χ1) is 15.1. The van der Waals surface area contributed by atoms with Crippen LogP contribution in [0.2, 0.25) is 0 Å². The van der Waals surface area contributed by atoms with Crippen LogP contribution in [0.3, 0.4) is 0 Å². The van der Waals surface area contributed by atoms with Crippen molar-refractivity contribution in [1.82, 2.24) is 4.90 Å². The number of nitrogens with zero attached hydrogens (tertiary/aromatic N) is 1. The van der Waals surface area contributed by atoms with Gasteiger partial charge in [-0.1, -0.05) is 72.2 Å². The molecule has 7 heteroatoms. The molecule has 0 aliphatic rings. The van der Waals surface area contributed by atoms with Crippen molar-refractivity contribution in [2.45, 2.75) is 32.8 Å². The largest absolute Gasteiger partial charge is 0.445 e. The Kier molecular flexibility index (Phi) is 10.2. The zero-order valence-corrected chi connectivity index (χ0v) is 22.8. The molecule has 0 heterocycles. The molecule has 0 N–H and O–H groups in total. The average Bonchev–Trinajstić information content (AvgIpc) is 2.76. The molecule has 0 saturated carbocycles. The molecule has 0 radical (unpaired) electrons. The van der Waals surface area contributed by atoms with Gasteiger partial charge in [-0.25, -0.2) is 4.79 Å². The second kappa shape index (κ2) is 12.1. The van der Waals surface area contributed by atoms with E-state index in [9.17, 15) is 9.59 Å². The number of ketones is 1. The number of benzene rings is 2. The number of rotatable bonds is 11. The van der Waals surface area contributed by atoms with Crippen molar-refractivity contribution >= 4 is 50.4 Å². The van der Waals surface area contributed by atoms with Gasteiger partial charge in [-0.15, -0.1) is 0 Å². The van der Waals surface area contributed by atoms with E-state index in [0.29, 0.717) is 13.2 Å². The Hall–Kier alpha value is -1.45. The highest BCUT2D eigenvalue weighted by molar-refractivity contribution is 14.1. The van der Waals surface area contributed by atoms with Gasteiger partial charge in [0.2, 0.25) is 0 Å². The van der Waals surface area contributed by atoms with Crippen LogP contribution >= 0.6 is 38.5 Å². The molecule has 1 atom stereocenters. The molecule has 5 nitrogen and oxygen atoms in total. The fourth-order valence-electron chi connectivity index (χ4n) is 3.42. The highest BCUT2D eigenvalue weighted by Crippen LogP contribution is 2.29. The molecule has 0 aliphatic carbocycles. The Balaban J connectivity index is 1.92. The summed E-state index contributed by atoms with van der Waals surface area (Å²) in [6, 6.07) is 17.5. The number of carbonyl (C=O) groups excluding carboxylic acids is 2. The number of alkyl halides is 1. The molecule has 0 spiro atoms. The van der Waals surface area contributed by atoms with E-state index in [1.807, 2.05) is 75.4 Å². The summed E-state index contributed by atoms with van der Waals surface area (Å²) in [4.78, 5) is 26.7. The van der Waals surface area contributed by atoms with E-state index >= 15 is 0 Å². The van der Waals surface area contributed by atoms with E-state index in [0.717, 1.165) is 14.7 Å². The summed E-state index contributed by atoms with van der Waals surface area (Å²) < 4.78 is 12.5. The number of hydrogen-bond acceptors (Lipinski definition) is 4. The second-order valence-corrected chi connectivity index (χ2v) is 10.8. The number of carbonyl (C=O) groups is 2. The molecule has 0 fully saturated rings. The van der Waals surface area contributed by atoms with Crippen molar-refractivity contribution < 1.29 is 19.1 Å². The van der Waals surface area contributed by atoms with E-state index in [2.05, 4.69) is 38.5 Å². The Morgan fingerprint density at radius 3 is 2.34 bits per heavy atom. The van der Waals surface area contributed by atoms with Gasteiger partial charge in [0.15, 0.2) is 5.78 Å². The molecule has 2 aromatic rings. The van der Waals surface area contributed by atoms with Crippen LogP contribution < -0.4 is 0 Å². The molecular formula is C25H31BrINO4. The summed E-state index contributed by atoms with van der Waals surface area (Å²) in [5.41, 5.74) is 0.821. The standard InChI is InChI=1S/C25H31BrINO4/c1-24(2,16-28(4)23(30)32-15-19-9-6-5-7-10-19)17-31-18-25(3,22(29)14-26)20-11-8-12-21(27)13-20/h5-13H,14-18H2,1-4H3. The maximum absolute atomic E-state index is 12.8. The van der Waals surface area contributed by atoms with E-state index in [1.165, 1.54) is 0 Å².